The summed E-state index contributed by atoms with van der Waals surface area (Å²) >= 11 is -0.621. The van der Waals surface area contributed by atoms with E-state index in [0.717, 1.165) is 11.1 Å². The monoisotopic (exact) mass is 555 g/mol. The first-order valence-corrected chi connectivity index (χ1v) is 11.5. The summed E-state index contributed by atoms with van der Waals surface area (Å²) in [6.07, 6.45) is 1.43. The fraction of sp³-hybridized carbons (Fsp3) is 0.316. The average Bonchev–Trinajstić information content (AvgIpc) is 2.77. The minimum Gasteiger partial charge on any atom is -0.394 e. The van der Waals surface area contributed by atoms with E-state index in [1.807, 2.05) is 5.48 Å². The van der Waals surface area contributed by atoms with Gasteiger partial charge in [0.2, 0.25) is 5.91 Å². The van der Waals surface area contributed by atoms with Gasteiger partial charge >= 0.3 is 0 Å². The number of aliphatic hydroxyl groups excluding tert-OH is 1. The summed E-state index contributed by atoms with van der Waals surface area (Å²) in [7, 11) is 1.19. The van der Waals surface area contributed by atoms with E-state index in [0.29, 0.717) is 0 Å². The molecule has 3 N–H and O–H groups in total. The normalized spacial score (nSPS) is 13.1. The number of amides is 2. The maximum absolute atomic E-state index is 15.0. The second kappa shape index (κ2) is 11.9. The molecule has 0 atom stereocenters. The van der Waals surface area contributed by atoms with Crippen LogP contribution in [0.15, 0.2) is 27.7 Å². The molecule has 1 aliphatic rings. The second-order valence-corrected chi connectivity index (χ2v) is 8.03. The van der Waals surface area contributed by atoms with Crippen molar-refractivity contribution in [3.8, 4) is 0 Å². The molecule has 0 radical (unpaired) electrons. The maximum Gasteiger partial charge on any atom is 0.277 e. The Kier molecular flexibility index (Phi) is 9.61. The van der Waals surface area contributed by atoms with Crippen LogP contribution in [-0.4, -0.2) is 46.3 Å². The third-order valence-corrected chi connectivity index (χ3v) is 5.66. The Balaban J connectivity index is 2.51. The van der Waals surface area contributed by atoms with Crippen molar-refractivity contribution in [2.75, 3.05) is 25.6 Å². The number of allylic oxidation sites excluding steroid dienone is 2. The first kappa shape index (κ1) is 25.0. The van der Waals surface area contributed by atoms with E-state index in [1.165, 1.54) is 17.2 Å². The zero-order valence-electron chi connectivity index (χ0n) is 16.7. The summed E-state index contributed by atoms with van der Waals surface area (Å²) in [6, 6.07) is 1.01. The number of halogens is 4. The molecule has 0 spiro atoms. The number of hydroxylamine groups is 3. The number of carbonyl (C=O) groups is 2. The van der Waals surface area contributed by atoms with Gasteiger partial charge in [-0.1, -0.05) is 27.7 Å². The predicted octanol–water partition coefficient (Wildman–Crippen LogP) is 2.81. The highest BCUT2D eigenvalue weighted by atomic mass is 127. The minimum absolute atomic E-state index is 0.0544. The van der Waals surface area contributed by atoms with Crippen molar-refractivity contribution in [2.24, 2.45) is 0 Å². The Morgan fingerprint density at radius 3 is 2.61 bits per heavy atom. The van der Waals surface area contributed by atoms with E-state index in [-0.39, 0.29) is 24.3 Å². The molecule has 1 aliphatic heterocycles. The van der Waals surface area contributed by atoms with Gasteiger partial charge in [-0.3, -0.25) is 19.3 Å². The SMILES string of the molecule is CCC(=O)N(Cc1cc(C(=O)NOCCO)c(NC2=C(F)C=IC=C2)c(F)c1F)OC. The van der Waals surface area contributed by atoms with Gasteiger partial charge in [0.1, 0.15) is 0 Å². The van der Waals surface area contributed by atoms with Crippen LogP contribution in [0, 0.1) is 11.6 Å². The van der Waals surface area contributed by atoms with Gasteiger partial charge in [0.05, 0.1) is 43.8 Å². The lowest BCUT2D eigenvalue weighted by molar-refractivity contribution is -0.179. The largest absolute Gasteiger partial charge is 0.394 e. The first-order valence-electron chi connectivity index (χ1n) is 9.00. The smallest absolute Gasteiger partial charge is 0.277 e. The highest BCUT2D eigenvalue weighted by molar-refractivity contribution is 14.2. The Morgan fingerprint density at radius 2 is 2.00 bits per heavy atom. The van der Waals surface area contributed by atoms with Crippen molar-refractivity contribution in [1.82, 2.24) is 10.5 Å². The van der Waals surface area contributed by atoms with Gasteiger partial charge in [-0.05, 0) is 16.2 Å². The molecule has 0 bridgehead atoms. The highest BCUT2D eigenvalue weighted by Gasteiger charge is 2.26. The third-order valence-electron chi connectivity index (χ3n) is 3.98. The Morgan fingerprint density at radius 1 is 1.26 bits per heavy atom. The number of carbonyl (C=O) groups excluding carboxylic acids is 2. The van der Waals surface area contributed by atoms with Gasteiger partial charge in [-0.25, -0.2) is 23.7 Å². The molecule has 1 aromatic rings. The third kappa shape index (κ3) is 6.35. The highest BCUT2D eigenvalue weighted by Crippen LogP contribution is 2.30. The van der Waals surface area contributed by atoms with Crippen molar-refractivity contribution in [1.29, 1.82) is 0 Å². The Labute approximate surface area is 186 Å². The maximum atomic E-state index is 15.0. The fourth-order valence-corrected chi connectivity index (χ4v) is 3.89. The average molecular weight is 555 g/mol. The number of benzene rings is 1. The molecule has 12 heteroatoms. The molecule has 0 fully saturated rings. The van der Waals surface area contributed by atoms with Gasteiger partial charge in [-0.15, -0.1) is 0 Å². The van der Waals surface area contributed by atoms with Crippen LogP contribution in [0.2, 0.25) is 0 Å². The molecule has 0 unspecified atom stereocenters. The van der Waals surface area contributed by atoms with Crippen molar-refractivity contribution >= 4 is 42.2 Å². The summed E-state index contributed by atoms with van der Waals surface area (Å²) in [5.41, 5.74) is 0.502. The van der Waals surface area contributed by atoms with Crippen molar-refractivity contribution in [2.45, 2.75) is 19.9 Å². The number of rotatable bonds is 10. The molecule has 0 aliphatic carbocycles. The van der Waals surface area contributed by atoms with Crippen LogP contribution in [0.25, 0.3) is 0 Å². The van der Waals surface area contributed by atoms with E-state index in [2.05, 4.69) is 5.32 Å². The number of aliphatic hydroxyl groups is 1. The molecular weight excluding hydrogens is 534 g/mol. The van der Waals surface area contributed by atoms with E-state index < -0.39 is 74.4 Å². The number of nitrogens with one attached hydrogen (secondary N) is 2. The molecule has 8 nitrogen and oxygen atoms in total. The van der Waals surface area contributed by atoms with Crippen LogP contribution < -0.4 is 10.8 Å². The molecule has 31 heavy (non-hydrogen) atoms. The molecule has 1 aromatic carbocycles. The van der Waals surface area contributed by atoms with Gasteiger partial charge in [0, 0.05) is 16.0 Å². The quantitative estimate of drug-likeness (QED) is 0.234. The van der Waals surface area contributed by atoms with Crippen LogP contribution in [0.4, 0.5) is 18.9 Å². The summed E-state index contributed by atoms with van der Waals surface area (Å²) in [5.74, 6) is -4.89. The van der Waals surface area contributed by atoms with Crippen LogP contribution in [0.5, 0.6) is 0 Å². The van der Waals surface area contributed by atoms with E-state index >= 15 is 0 Å². The lowest BCUT2D eigenvalue weighted by atomic mass is 10.1. The van der Waals surface area contributed by atoms with Gasteiger partial charge in [-0.2, -0.15) is 0 Å². The lowest BCUT2D eigenvalue weighted by Gasteiger charge is -2.21. The molecule has 0 aromatic heterocycles. The fourth-order valence-electron chi connectivity index (χ4n) is 2.46. The van der Waals surface area contributed by atoms with Gasteiger partial charge < -0.3 is 10.4 Å². The van der Waals surface area contributed by atoms with E-state index in [4.69, 9.17) is 14.8 Å². The van der Waals surface area contributed by atoms with Crippen molar-refractivity contribution < 1.29 is 37.5 Å². The summed E-state index contributed by atoms with van der Waals surface area (Å²) in [4.78, 5) is 34.1. The van der Waals surface area contributed by atoms with Crippen LogP contribution >= 0.6 is 20.7 Å². The number of anilines is 1. The zero-order chi connectivity index (χ0) is 23.0. The first-order chi connectivity index (χ1) is 14.8. The number of hydrogen-bond acceptors (Lipinski definition) is 6. The molecule has 0 saturated heterocycles. The summed E-state index contributed by atoms with van der Waals surface area (Å²) < 4.78 is 46.9. The summed E-state index contributed by atoms with van der Waals surface area (Å²) in [5, 5.41) is 12.0. The predicted molar refractivity (Wildman–Crippen MR) is 116 cm³/mol. The molecular formula is C19H21F3IN3O5. The zero-order valence-corrected chi connectivity index (χ0v) is 18.8. The molecule has 2 rings (SSSR count). The molecule has 0 saturated carbocycles. The molecule has 1 heterocycles. The van der Waals surface area contributed by atoms with Crippen molar-refractivity contribution in [3.63, 3.8) is 0 Å². The van der Waals surface area contributed by atoms with Gasteiger partial charge in [0.25, 0.3) is 5.91 Å². The topological polar surface area (TPSA) is 100 Å². The van der Waals surface area contributed by atoms with Crippen LogP contribution in [-0.2, 0) is 21.0 Å². The van der Waals surface area contributed by atoms with E-state index in [1.54, 1.807) is 11.0 Å². The standard InChI is InChI=1S/C19H21F3IN3O5/c1-3-15(28)26(30-2)10-11-8-12(19(29)25-31-7-6-27)18(17(22)16(11)21)24-14-4-5-23-9-13(14)20/h4-5,8-9,24,27H,3,6-7,10H2,1-2H3,(H,25,29). The van der Waals surface area contributed by atoms with Crippen molar-refractivity contribution in [3.05, 3.63) is 50.5 Å². The number of nitrogens with zero attached hydrogens (tertiary/aromatic N) is 1. The van der Waals surface area contributed by atoms with Crippen LogP contribution in [0.1, 0.15) is 29.3 Å². The van der Waals surface area contributed by atoms with E-state index in [9.17, 15) is 22.8 Å². The van der Waals surface area contributed by atoms with Gasteiger partial charge in [0.15, 0.2) is 17.5 Å². The molecule has 170 valence electrons. The lowest BCUT2D eigenvalue weighted by Crippen LogP contribution is -2.30. The second-order valence-electron chi connectivity index (χ2n) is 5.97. The molecule has 2 amide bonds. The Hall–Kier alpha value is -2.29. The minimum atomic E-state index is -1.45. The van der Waals surface area contributed by atoms with Crippen LogP contribution in [0.3, 0.4) is 0 Å². The Bertz CT molecular complexity index is 937. The summed E-state index contributed by atoms with van der Waals surface area (Å²) in [6.45, 7) is 0.459. The number of hydrogen-bond donors (Lipinski definition) is 3.